The third kappa shape index (κ3) is 2.43. The number of rotatable bonds is 4. The van der Waals surface area contributed by atoms with Crippen molar-refractivity contribution in [1.29, 1.82) is 0 Å². The van der Waals surface area contributed by atoms with Crippen LogP contribution >= 0.6 is 11.3 Å². The van der Waals surface area contributed by atoms with E-state index in [1.165, 1.54) is 11.3 Å². The molecule has 0 amide bonds. The Morgan fingerprint density at radius 2 is 2.64 bits per heavy atom. The largest absolute Gasteiger partial charge is 0.390 e. The average molecular weight is 214 g/mol. The number of aliphatic hydroxyl groups is 1. The number of thiazole rings is 1. The van der Waals surface area contributed by atoms with Gasteiger partial charge in [0.25, 0.3) is 0 Å². The molecule has 1 aromatic rings. The van der Waals surface area contributed by atoms with Gasteiger partial charge in [-0.05, 0) is 6.42 Å². The summed E-state index contributed by atoms with van der Waals surface area (Å²) < 4.78 is 5.27. The Hall–Kier alpha value is -0.650. The Morgan fingerprint density at radius 1 is 1.71 bits per heavy atom. The van der Waals surface area contributed by atoms with E-state index in [2.05, 4.69) is 10.3 Å². The molecule has 14 heavy (non-hydrogen) atoms. The van der Waals surface area contributed by atoms with Crippen LogP contribution in [0.15, 0.2) is 5.38 Å². The summed E-state index contributed by atoms with van der Waals surface area (Å²) in [5.74, 6) is 0.608. The number of aromatic nitrogens is 1. The van der Waals surface area contributed by atoms with Crippen molar-refractivity contribution in [2.24, 2.45) is 5.92 Å². The minimum atomic E-state index is 0.0186. The third-order valence-electron chi connectivity index (χ3n) is 2.28. The quantitative estimate of drug-likeness (QED) is 0.787. The van der Waals surface area contributed by atoms with Crippen molar-refractivity contribution in [2.75, 3.05) is 25.1 Å². The number of aliphatic hydroxyl groups excluding tert-OH is 1. The summed E-state index contributed by atoms with van der Waals surface area (Å²) in [6, 6.07) is 0. The molecule has 1 atom stereocenters. The minimum absolute atomic E-state index is 0.0186. The van der Waals surface area contributed by atoms with Gasteiger partial charge in [-0.3, -0.25) is 0 Å². The van der Waals surface area contributed by atoms with Crippen LogP contribution in [-0.4, -0.2) is 29.8 Å². The van der Waals surface area contributed by atoms with E-state index in [1.807, 2.05) is 5.38 Å². The first-order valence-corrected chi connectivity index (χ1v) is 5.63. The SMILES string of the molecule is OCc1csc(NCC2CCOC2)n1. The van der Waals surface area contributed by atoms with Crippen LogP contribution in [-0.2, 0) is 11.3 Å². The lowest BCUT2D eigenvalue weighted by Gasteiger charge is -2.07. The molecular weight excluding hydrogens is 200 g/mol. The second kappa shape index (κ2) is 4.72. The van der Waals surface area contributed by atoms with Crippen molar-refractivity contribution in [1.82, 2.24) is 4.98 Å². The van der Waals surface area contributed by atoms with E-state index >= 15 is 0 Å². The van der Waals surface area contributed by atoms with Gasteiger partial charge in [-0.2, -0.15) is 0 Å². The molecular formula is C9H14N2O2S. The lowest BCUT2D eigenvalue weighted by Crippen LogP contribution is -2.13. The molecule has 1 aromatic heterocycles. The molecule has 0 aliphatic carbocycles. The highest BCUT2D eigenvalue weighted by Gasteiger charge is 2.15. The van der Waals surface area contributed by atoms with Gasteiger partial charge >= 0.3 is 0 Å². The lowest BCUT2D eigenvalue weighted by molar-refractivity contribution is 0.187. The van der Waals surface area contributed by atoms with E-state index in [9.17, 15) is 0 Å². The lowest BCUT2D eigenvalue weighted by atomic mass is 10.1. The summed E-state index contributed by atoms with van der Waals surface area (Å²) in [7, 11) is 0. The number of ether oxygens (including phenoxy) is 1. The fourth-order valence-electron chi connectivity index (χ4n) is 1.44. The Balaban J connectivity index is 1.79. The van der Waals surface area contributed by atoms with E-state index in [-0.39, 0.29) is 6.61 Å². The summed E-state index contributed by atoms with van der Waals surface area (Å²) in [5.41, 5.74) is 0.736. The van der Waals surface area contributed by atoms with E-state index in [0.717, 1.165) is 37.0 Å². The van der Waals surface area contributed by atoms with Crippen molar-refractivity contribution >= 4 is 16.5 Å². The zero-order valence-corrected chi connectivity index (χ0v) is 8.72. The molecule has 1 aliphatic heterocycles. The normalized spacial score (nSPS) is 21.4. The van der Waals surface area contributed by atoms with Gasteiger partial charge in [0.1, 0.15) is 0 Å². The minimum Gasteiger partial charge on any atom is -0.390 e. The second-order valence-electron chi connectivity index (χ2n) is 3.41. The van der Waals surface area contributed by atoms with Crippen LogP contribution in [0.5, 0.6) is 0 Å². The molecule has 0 aromatic carbocycles. The maximum absolute atomic E-state index is 8.83. The summed E-state index contributed by atoms with van der Waals surface area (Å²) in [4.78, 5) is 4.21. The van der Waals surface area contributed by atoms with Crippen molar-refractivity contribution in [3.05, 3.63) is 11.1 Å². The molecule has 1 fully saturated rings. The highest BCUT2D eigenvalue weighted by molar-refractivity contribution is 7.13. The number of nitrogens with zero attached hydrogens (tertiary/aromatic N) is 1. The summed E-state index contributed by atoms with van der Waals surface area (Å²) in [5, 5.41) is 14.8. The maximum Gasteiger partial charge on any atom is 0.182 e. The zero-order valence-electron chi connectivity index (χ0n) is 7.90. The van der Waals surface area contributed by atoms with Gasteiger partial charge in [0, 0.05) is 24.4 Å². The van der Waals surface area contributed by atoms with Gasteiger partial charge in [-0.1, -0.05) is 0 Å². The Labute approximate surface area is 86.9 Å². The van der Waals surface area contributed by atoms with E-state index in [1.54, 1.807) is 0 Å². The standard InChI is InChI=1S/C9H14N2O2S/c12-4-8-6-14-9(11-8)10-3-7-1-2-13-5-7/h6-7,12H,1-5H2,(H,10,11). The Bertz CT molecular complexity index is 284. The summed E-state index contributed by atoms with van der Waals surface area (Å²) in [6.07, 6.45) is 1.13. The Kier molecular flexibility index (Phi) is 3.34. The molecule has 1 unspecified atom stereocenters. The topological polar surface area (TPSA) is 54.4 Å². The first-order chi connectivity index (χ1) is 6.88. The van der Waals surface area contributed by atoms with Crippen molar-refractivity contribution in [2.45, 2.75) is 13.0 Å². The fourth-order valence-corrected chi connectivity index (χ4v) is 2.15. The molecule has 0 saturated carbocycles. The average Bonchev–Trinajstić information content (AvgIpc) is 2.86. The van der Waals surface area contributed by atoms with Crippen molar-refractivity contribution in [3.63, 3.8) is 0 Å². The van der Waals surface area contributed by atoms with Crippen LogP contribution in [0.3, 0.4) is 0 Å². The fraction of sp³-hybridized carbons (Fsp3) is 0.667. The molecule has 5 heteroatoms. The predicted octanol–water partition coefficient (Wildman–Crippen LogP) is 1.08. The van der Waals surface area contributed by atoms with Crippen LogP contribution in [0.4, 0.5) is 5.13 Å². The first kappa shape index (κ1) is 9.89. The van der Waals surface area contributed by atoms with E-state index < -0.39 is 0 Å². The molecule has 2 heterocycles. The number of hydrogen-bond donors (Lipinski definition) is 2. The van der Waals surface area contributed by atoms with Crippen molar-refractivity contribution in [3.8, 4) is 0 Å². The van der Waals surface area contributed by atoms with E-state index in [4.69, 9.17) is 9.84 Å². The van der Waals surface area contributed by atoms with Crippen LogP contribution in [0.2, 0.25) is 0 Å². The monoisotopic (exact) mass is 214 g/mol. The molecule has 78 valence electrons. The molecule has 0 spiro atoms. The summed E-state index contributed by atoms with van der Waals surface area (Å²) >= 11 is 1.53. The highest BCUT2D eigenvalue weighted by Crippen LogP contribution is 2.18. The molecule has 2 rings (SSSR count). The van der Waals surface area contributed by atoms with Gasteiger partial charge in [0.2, 0.25) is 0 Å². The van der Waals surface area contributed by atoms with Crippen LogP contribution < -0.4 is 5.32 Å². The highest BCUT2D eigenvalue weighted by atomic mass is 32.1. The van der Waals surface area contributed by atoms with Crippen molar-refractivity contribution < 1.29 is 9.84 Å². The number of nitrogens with one attached hydrogen (secondary N) is 1. The number of anilines is 1. The Morgan fingerprint density at radius 3 is 3.29 bits per heavy atom. The maximum atomic E-state index is 8.83. The molecule has 1 saturated heterocycles. The second-order valence-corrected chi connectivity index (χ2v) is 4.27. The smallest absolute Gasteiger partial charge is 0.182 e. The molecule has 0 bridgehead atoms. The van der Waals surface area contributed by atoms with E-state index in [0.29, 0.717) is 5.92 Å². The molecule has 1 aliphatic rings. The molecule has 2 N–H and O–H groups in total. The predicted molar refractivity (Wildman–Crippen MR) is 55.5 cm³/mol. The molecule has 4 nitrogen and oxygen atoms in total. The first-order valence-electron chi connectivity index (χ1n) is 4.75. The van der Waals surface area contributed by atoms with Crippen LogP contribution in [0.25, 0.3) is 0 Å². The zero-order chi connectivity index (χ0) is 9.80. The van der Waals surface area contributed by atoms with Gasteiger partial charge < -0.3 is 15.2 Å². The third-order valence-corrected chi connectivity index (χ3v) is 3.13. The van der Waals surface area contributed by atoms with Crippen LogP contribution in [0.1, 0.15) is 12.1 Å². The van der Waals surface area contributed by atoms with Gasteiger partial charge in [-0.15, -0.1) is 11.3 Å². The van der Waals surface area contributed by atoms with Gasteiger partial charge in [-0.25, -0.2) is 4.98 Å². The summed E-state index contributed by atoms with van der Waals surface area (Å²) in [6.45, 7) is 2.67. The van der Waals surface area contributed by atoms with Crippen LogP contribution in [0, 0.1) is 5.92 Å². The number of hydrogen-bond acceptors (Lipinski definition) is 5. The van der Waals surface area contributed by atoms with Gasteiger partial charge in [0.05, 0.1) is 18.9 Å². The molecule has 0 radical (unpaired) electrons. The van der Waals surface area contributed by atoms with Gasteiger partial charge in [0.15, 0.2) is 5.13 Å².